The van der Waals surface area contributed by atoms with Gasteiger partial charge in [0.15, 0.2) is 0 Å². The highest BCUT2D eigenvalue weighted by Crippen LogP contribution is 2.22. The van der Waals surface area contributed by atoms with Crippen molar-refractivity contribution in [2.24, 2.45) is 0 Å². The number of carbonyl (C=O) groups excluding carboxylic acids is 1. The molecule has 0 bridgehead atoms. The molecule has 0 heterocycles. The summed E-state index contributed by atoms with van der Waals surface area (Å²) in [6, 6.07) is 13.3. The number of carbonyl (C=O) groups is 1. The first kappa shape index (κ1) is 15.4. The Balaban J connectivity index is 2.02. The maximum absolute atomic E-state index is 12.1. The summed E-state index contributed by atoms with van der Waals surface area (Å²) in [6.45, 7) is 4.76. The molecule has 2 aromatic carbocycles. The summed E-state index contributed by atoms with van der Waals surface area (Å²) < 4.78 is 0. The Bertz CT molecular complexity index is 636. The summed E-state index contributed by atoms with van der Waals surface area (Å²) in [5.74, 6) is 0.280. The maximum Gasteiger partial charge on any atom is 0.253 e. The predicted octanol–water partition coefficient (Wildman–Crippen LogP) is 3.98. The number of benzene rings is 2. The maximum atomic E-state index is 12.1. The van der Waals surface area contributed by atoms with Gasteiger partial charge in [0, 0.05) is 6.54 Å². The van der Waals surface area contributed by atoms with Crippen molar-refractivity contribution in [3.63, 3.8) is 0 Å². The summed E-state index contributed by atoms with van der Waals surface area (Å²) in [4.78, 5) is 12.1. The summed E-state index contributed by atoms with van der Waals surface area (Å²) in [5.41, 5.74) is 8.86. The number of rotatable bonds is 4. The molecule has 0 saturated carbocycles. The summed E-state index contributed by atoms with van der Waals surface area (Å²) in [5, 5.41) is 3.25. The zero-order valence-corrected chi connectivity index (χ0v) is 12.9. The minimum atomic E-state index is -0.220. The van der Waals surface area contributed by atoms with E-state index >= 15 is 0 Å². The van der Waals surface area contributed by atoms with Crippen LogP contribution < -0.4 is 11.1 Å². The van der Waals surface area contributed by atoms with E-state index < -0.39 is 0 Å². The van der Waals surface area contributed by atoms with E-state index in [4.69, 9.17) is 17.3 Å². The molecule has 3 N–H and O–H groups in total. The van der Waals surface area contributed by atoms with E-state index in [1.165, 1.54) is 5.56 Å². The number of halogens is 1. The van der Waals surface area contributed by atoms with Crippen molar-refractivity contribution in [1.29, 1.82) is 0 Å². The molecular weight excluding hydrogens is 284 g/mol. The number of amides is 1. The lowest BCUT2D eigenvalue weighted by molar-refractivity contribution is 0.0952. The van der Waals surface area contributed by atoms with E-state index in [-0.39, 0.29) is 5.91 Å². The number of para-hydroxylation sites is 1. The Morgan fingerprint density at radius 2 is 1.86 bits per heavy atom. The van der Waals surface area contributed by atoms with Gasteiger partial charge in [-0.1, -0.05) is 55.8 Å². The molecule has 110 valence electrons. The third-order valence-corrected chi connectivity index (χ3v) is 3.73. The van der Waals surface area contributed by atoms with Crippen LogP contribution in [-0.4, -0.2) is 5.91 Å². The molecule has 0 aliphatic heterocycles. The molecule has 2 rings (SSSR count). The molecule has 0 atom stereocenters. The van der Waals surface area contributed by atoms with Crippen LogP contribution in [0, 0.1) is 0 Å². The number of nitrogens with one attached hydrogen (secondary N) is 1. The Kier molecular flexibility index (Phi) is 4.86. The SMILES string of the molecule is CC(C)c1ccc(CNC(=O)c2cccc(Cl)c2N)cc1. The van der Waals surface area contributed by atoms with Gasteiger partial charge < -0.3 is 11.1 Å². The first-order valence-corrected chi connectivity index (χ1v) is 7.28. The standard InChI is InChI=1S/C17H19ClN2O/c1-11(2)13-8-6-12(7-9-13)10-20-17(21)14-4-3-5-15(18)16(14)19/h3-9,11H,10,19H2,1-2H3,(H,20,21). The molecule has 1 amide bonds. The lowest BCUT2D eigenvalue weighted by Crippen LogP contribution is -2.23. The van der Waals surface area contributed by atoms with Gasteiger partial charge in [-0.2, -0.15) is 0 Å². The van der Waals surface area contributed by atoms with Crippen LogP contribution in [0.4, 0.5) is 5.69 Å². The molecule has 0 aromatic heterocycles. The van der Waals surface area contributed by atoms with Crippen LogP contribution in [0.1, 0.15) is 41.3 Å². The topological polar surface area (TPSA) is 55.1 Å². The van der Waals surface area contributed by atoms with Gasteiger partial charge in [0.2, 0.25) is 0 Å². The molecule has 4 heteroatoms. The zero-order chi connectivity index (χ0) is 15.4. The predicted molar refractivity (Wildman–Crippen MR) is 87.6 cm³/mol. The van der Waals surface area contributed by atoms with Crippen LogP contribution in [0.3, 0.4) is 0 Å². The molecule has 0 aliphatic rings. The van der Waals surface area contributed by atoms with Crippen molar-refractivity contribution < 1.29 is 4.79 Å². The minimum Gasteiger partial charge on any atom is -0.397 e. The first-order valence-electron chi connectivity index (χ1n) is 6.90. The second-order valence-corrected chi connectivity index (χ2v) is 5.69. The van der Waals surface area contributed by atoms with Crippen LogP contribution in [0.5, 0.6) is 0 Å². The fourth-order valence-corrected chi connectivity index (χ4v) is 2.21. The molecule has 0 radical (unpaired) electrons. The molecule has 21 heavy (non-hydrogen) atoms. The molecule has 0 fully saturated rings. The van der Waals surface area contributed by atoms with E-state index in [1.54, 1.807) is 18.2 Å². The number of nitrogen functional groups attached to an aromatic ring is 1. The van der Waals surface area contributed by atoms with Gasteiger partial charge in [-0.25, -0.2) is 0 Å². The third kappa shape index (κ3) is 3.76. The lowest BCUT2D eigenvalue weighted by atomic mass is 10.0. The molecule has 0 unspecified atom stereocenters. The number of hydrogen-bond acceptors (Lipinski definition) is 2. The second kappa shape index (κ2) is 6.64. The van der Waals surface area contributed by atoms with Gasteiger partial charge in [-0.15, -0.1) is 0 Å². The van der Waals surface area contributed by atoms with Gasteiger partial charge in [-0.05, 0) is 29.2 Å². The lowest BCUT2D eigenvalue weighted by Gasteiger charge is -2.10. The number of nitrogens with two attached hydrogens (primary N) is 1. The largest absolute Gasteiger partial charge is 0.397 e. The molecule has 0 aliphatic carbocycles. The normalized spacial score (nSPS) is 10.7. The molecular formula is C17H19ClN2O. The van der Waals surface area contributed by atoms with Gasteiger partial charge in [0.1, 0.15) is 0 Å². The molecule has 0 saturated heterocycles. The summed E-state index contributed by atoms with van der Waals surface area (Å²) in [7, 11) is 0. The summed E-state index contributed by atoms with van der Waals surface area (Å²) >= 11 is 5.92. The molecule has 0 spiro atoms. The van der Waals surface area contributed by atoms with Crippen LogP contribution >= 0.6 is 11.6 Å². The van der Waals surface area contributed by atoms with Gasteiger partial charge in [0.25, 0.3) is 5.91 Å². The van der Waals surface area contributed by atoms with Gasteiger partial charge in [-0.3, -0.25) is 4.79 Å². The van der Waals surface area contributed by atoms with E-state index in [1.807, 2.05) is 12.1 Å². The first-order chi connectivity index (χ1) is 9.99. The second-order valence-electron chi connectivity index (χ2n) is 5.28. The summed E-state index contributed by atoms with van der Waals surface area (Å²) in [6.07, 6.45) is 0. The van der Waals surface area contributed by atoms with E-state index in [0.717, 1.165) is 5.56 Å². The highest BCUT2D eigenvalue weighted by atomic mass is 35.5. The Morgan fingerprint density at radius 3 is 2.48 bits per heavy atom. The van der Waals surface area contributed by atoms with E-state index in [9.17, 15) is 4.79 Å². The van der Waals surface area contributed by atoms with E-state index in [0.29, 0.717) is 28.7 Å². The monoisotopic (exact) mass is 302 g/mol. The van der Waals surface area contributed by atoms with Gasteiger partial charge in [0.05, 0.1) is 16.3 Å². The third-order valence-electron chi connectivity index (χ3n) is 3.40. The van der Waals surface area contributed by atoms with Crippen LogP contribution in [0.2, 0.25) is 5.02 Å². The Hall–Kier alpha value is -2.00. The van der Waals surface area contributed by atoms with Crippen LogP contribution in [0.15, 0.2) is 42.5 Å². The van der Waals surface area contributed by atoms with Crippen molar-refractivity contribution in [3.8, 4) is 0 Å². The van der Waals surface area contributed by atoms with Crippen molar-refractivity contribution in [2.75, 3.05) is 5.73 Å². The fourth-order valence-electron chi connectivity index (χ4n) is 2.03. The van der Waals surface area contributed by atoms with Crippen molar-refractivity contribution in [1.82, 2.24) is 5.32 Å². The van der Waals surface area contributed by atoms with E-state index in [2.05, 4.69) is 31.3 Å². The average molecular weight is 303 g/mol. The highest BCUT2D eigenvalue weighted by Gasteiger charge is 2.11. The van der Waals surface area contributed by atoms with Crippen molar-refractivity contribution in [3.05, 3.63) is 64.2 Å². The fraction of sp³-hybridized carbons (Fsp3) is 0.235. The molecule has 2 aromatic rings. The quantitative estimate of drug-likeness (QED) is 0.839. The zero-order valence-electron chi connectivity index (χ0n) is 12.2. The van der Waals surface area contributed by atoms with Crippen LogP contribution in [0.25, 0.3) is 0 Å². The van der Waals surface area contributed by atoms with Crippen molar-refractivity contribution >= 4 is 23.2 Å². The average Bonchev–Trinajstić information content (AvgIpc) is 2.48. The smallest absolute Gasteiger partial charge is 0.253 e. The highest BCUT2D eigenvalue weighted by molar-refractivity contribution is 6.33. The molecule has 3 nitrogen and oxygen atoms in total. The van der Waals surface area contributed by atoms with Crippen LogP contribution in [-0.2, 0) is 6.54 Å². The Labute approximate surface area is 130 Å². The Morgan fingerprint density at radius 1 is 1.19 bits per heavy atom. The van der Waals surface area contributed by atoms with Crippen molar-refractivity contribution in [2.45, 2.75) is 26.3 Å². The minimum absolute atomic E-state index is 0.220. The van der Waals surface area contributed by atoms with Gasteiger partial charge >= 0.3 is 0 Å². The number of anilines is 1. The number of hydrogen-bond donors (Lipinski definition) is 2.